The number of hydrogen-bond acceptors (Lipinski definition) is 2. The first-order valence-electron chi connectivity index (χ1n) is 9.96. The minimum atomic E-state index is -0.569. The molecule has 2 nitrogen and oxygen atoms in total. The molecule has 148 valence electrons. The molecule has 0 aromatic heterocycles. The number of carbonyl (C=O) groups excluding carboxylic acids is 2. The SMILES string of the molecule is O=C(c1ccccc1)C(Br)C1CC=CC(=C(c2ccccc2)c2ccccc2)C1=O. The first-order chi connectivity index (χ1) is 14.7. The minimum absolute atomic E-state index is 0.00800. The van der Waals surface area contributed by atoms with Crippen molar-refractivity contribution in [2.75, 3.05) is 0 Å². The van der Waals surface area contributed by atoms with E-state index in [1.807, 2.05) is 91.0 Å². The standard InChI is InChI=1S/C27H21BrO2/c28-25(26(29)21-15-8-3-9-16-21)23-18-10-17-22(27(23)30)24(19-11-4-1-5-12-19)20-13-6-2-7-14-20/h1-17,23,25H,18H2. The molecule has 2 atom stereocenters. The number of hydrogen-bond donors (Lipinski definition) is 0. The van der Waals surface area contributed by atoms with E-state index in [9.17, 15) is 9.59 Å². The normalized spacial score (nSPS) is 16.9. The molecule has 2 unspecified atom stereocenters. The maximum absolute atomic E-state index is 13.6. The summed E-state index contributed by atoms with van der Waals surface area (Å²) in [5.41, 5.74) is 4.12. The van der Waals surface area contributed by atoms with E-state index in [-0.39, 0.29) is 11.6 Å². The van der Waals surface area contributed by atoms with Crippen LogP contribution >= 0.6 is 15.9 Å². The quantitative estimate of drug-likeness (QED) is 0.257. The Morgan fingerprint density at radius 3 is 1.73 bits per heavy atom. The second-order valence-corrected chi connectivity index (χ2v) is 8.25. The van der Waals surface area contributed by atoms with Crippen molar-refractivity contribution in [2.24, 2.45) is 5.92 Å². The maximum Gasteiger partial charge on any atom is 0.177 e. The van der Waals surface area contributed by atoms with Gasteiger partial charge in [-0.25, -0.2) is 0 Å². The van der Waals surface area contributed by atoms with Crippen LogP contribution in [0.5, 0.6) is 0 Å². The number of halogens is 1. The molecule has 0 heterocycles. The summed E-state index contributed by atoms with van der Waals surface area (Å²) in [5, 5.41) is 0. The van der Waals surface area contributed by atoms with Crippen LogP contribution in [-0.2, 0) is 4.79 Å². The second kappa shape index (κ2) is 9.19. The molecule has 0 saturated heterocycles. The summed E-state index contributed by atoms with van der Waals surface area (Å²) in [7, 11) is 0. The first-order valence-corrected chi connectivity index (χ1v) is 10.9. The fourth-order valence-corrected chi connectivity index (χ4v) is 4.53. The third-order valence-corrected chi connectivity index (χ3v) is 6.39. The zero-order valence-electron chi connectivity index (χ0n) is 16.4. The lowest BCUT2D eigenvalue weighted by Crippen LogP contribution is -2.33. The van der Waals surface area contributed by atoms with Crippen LogP contribution in [-0.4, -0.2) is 16.4 Å². The molecule has 0 bridgehead atoms. The van der Waals surface area contributed by atoms with Gasteiger partial charge in [-0.3, -0.25) is 9.59 Å². The largest absolute Gasteiger partial charge is 0.294 e. The number of rotatable bonds is 5. The Labute approximate surface area is 185 Å². The summed E-state index contributed by atoms with van der Waals surface area (Å²) < 4.78 is 0. The van der Waals surface area contributed by atoms with E-state index in [2.05, 4.69) is 15.9 Å². The monoisotopic (exact) mass is 456 g/mol. The van der Waals surface area contributed by atoms with Crippen LogP contribution in [0, 0.1) is 5.92 Å². The highest BCUT2D eigenvalue weighted by atomic mass is 79.9. The number of alkyl halides is 1. The molecule has 3 aromatic carbocycles. The molecule has 1 aliphatic carbocycles. The van der Waals surface area contributed by atoms with Crippen molar-refractivity contribution >= 4 is 33.1 Å². The number of allylic oxidation sites excluding steroid dienone is 3. The van der Waals surface area contributed by atoms with Crippen LogP contribution in [0.3, 0.4) is 0 Å². The number of carbonyl (C=O) groups is 2. The predicted molar refractivity (Wildman–Crippen MR) is 125 cm³/mol. The highest BCUT2D eigenvalue weighted by Gasteiger charge is 2.35. The van der Waals surface area contributed by atoms with Crippen molar-refractivity contribution in [2.45, 2.75) is 11.2 Å². The zero-order valence-corrected chi connectivity index (χ0v) is 18.0. The molecule has 3 heteroatoms. The number of ketones is 2. The van der Waals surface area contributed by atoms with E-state index in [4.69, 9.17) is 0 Å². The van der Waals surface area contributed by atoms with Gasteiger partial charge >= 0.3 is 0 Å². The van der Waals surface area contributed by atoms with E-state index < -0.39 is 10.7 Å². The second-order valence-electron chi connectivity index (χ2n) is 7.26. The van der Waals surface area contributed by atoms with Gasteiger partial charge in [-0.05, 0) is 23.1 Å². The van der Waals surface area contributed by atoms with Gasteiger partial charge < -0.3 is 0 Å². The van der Waals surface area contributed by atoms with Crippen molar-refractivity contribution in [3.05, 3.63) is 125 Å². The molecule has 0 aliphatic heterocycles. The molecule has 0 saturated carbocycles. The van der Waals surface area contributed by atoms with E-state index in [1.54, 1.807) is 12.1 Å². The summed E-state index contributed by atoms with van der Waals surface area (Å²) in [4.78, 5) is 26.0. The Bertz CT molecular complexity index is 1060. The molecular formula is C27H21BrO2. The predicted octanol–water partition coefficient (Wildman–Crippen LogP) is 6.28. The fourth-order valence-electron chi connectivity index (χ4n) is 3.81. The highest BCUT2D eigenvalue weighted by Crippen LogP contribution is 2.35. The molecule has 30 heavy (non-hydrogen) atoms. The van der Waals surface area contributed by atoms with Gasteiger partial charge in [0, 0.05) is 17.1 Å². The third-order valence-electron chi connectivity index (χ3n) is 5.33. The van der Waals surface area contributed by atoms with Crippen LogP contribution in [0.4, 0.5) is 0 Å². The highest BCUT2D eigenvalue weighted by molar-refractivity contribution is 9.10. The van der Waals surface area contributed by atoms with Crippen molar-refractivity contribution in [3.8, 4) is 0 Å². The van der Waals surface area contributed by atoms with Gasteiger partial charge in [0.25, 0.3) is 0 Å². The molecule has 0 spiro atoms. The summed E-state index contributed by atoms with van der Waals surface area (Å²) in [5.74, 6) is -0.518. The van der Waals surface area contributed by atoms with Crippen molar-refractivity contribution in [1.29, 1.82) is 0 Å². The third kappa shape index (κ3) is 4.12. The van der Waals surface area contributed by atoms with Gasteiger partial charge in [-0.2, -0.15) is 0 Å². The van der Waals surface area contributed by atoms with E-state index in [0.29, 0.717) is 17.6 Å². The topological polar surface area (TPSA) is 34.1 Å². The number of Topliss-reactive ketones (excluding diaryl/α,β-unsaturated/α-hetero) is 2. The smallest absolute Gasteiger partial charge is 0.177 e. The van der Waals surface area contributed by atoms with Gasteiger partial charge in [0.1, 0.15) is 0 Å². The van der Waals surface area contributed by atoms with E-state index in [0.717, 1.165) is 16.7 Å². The molecule has 1 aliphatic rings. The molecule has 0 radical (unpaired) electrons. The summed E-state index contributed by atoms with van der Waals surface area (Å²) >= 11 is 3.54. The summed E-state index contributed by atoms with van der Waals surface area (Å²) in [6, 6.07) is 29.0. The van der Waals surface area contributed by atoms with Crippen LogP contribution in [0.2, 0.25) is 0 Å². The minimum Gasteiger partial charge on any atom is -0.294 e. The van der Waals surface area contributed by atoms with E-state index >= 15 is 0 Å². The molecule has 0 amide bonds. The van der Waals surface area contributed by atoms with Crippen LogP contribution < -0.4 is 0 Å². The Morgan fingerprint density at radius 1 is 0.767 bits per heavy atom. The van der Waals surface area contributed by atoms with E-state index in [1.165, 1.54) is 0 Å². The van der Waals surface area contributed by atoms with Gasteiger partial charge in [-0.15, -0.1) is 0 Å². The summed E-state index contributed by atoms with van der Waals surface area (Å²) in [6.45, 7) is 0. The fraction of sp³-hybridized carbons (Fsp3) is 0.111. The maximum atomic E-state index is 13.6. The van der Waals surface area contributed by atoms with Crippen LogP contribution in [0.25, 0.3) is 5.57 Å². The molecule has 3 aromatic rings. The Morgan fingerprint density at radius 2 is 1.23 bits per heavy atom. The average Bonchev–Trinajstić information content (AvgIpc) is 2.81. The Balaban J connectivity index is 1.76. The van der Waals surface area contributed by atoms with Gasteiger partial charge in [0.05, 0.1) is 4.83 Å². The molecule has 4 rings (SSSR count). The lowest BCUT2D eigenvalue weighted by Gasteiger charge is -2.25. The Kier molecular flexibility index (Phi) is 6.20. The van der Waals surface area contributed by atoms with Crippen molar-refractivity contribution in [3.63, 3.8) is 0 Å². The lowest BCUT2D eigenvalue weighted by atomic mass is 9.80. The van der Waals surface area contributed by atoms with Crippen LogP contribution in [0.15, 0.2) is 109 Å². The van der Waals surface area contributed by atoms with Gasteiger partial charge in [0.15, 0.2) is 11.6 Å². The summed E-state index contributed by atoms with van der Waals surface area (Å²) in [6.07, 6.45) is 4.44. The lowest BCUT2D eigenvalue weighted by molar-refractivity contribution is -0.118. The molecule has 0 N–H and O–H groups in total. The van der Waals surface area contributed by atoms with Gasteiger partial charge in [0.2, 0.25) is 0 Å². The molecular weight excluding hydrogens is 436 g/mol. The molecule has 0 fully saturated rings. The Hall–Kier alpha value is -3.04. The van der Waals surface area contributed by atoms with Gasteiger partial charge in [-0.1, -0.05) is 119 Å². The van der Waals surface area contributed by atoms with Crippen LogP contribution in [0.1, 0.15) is 27.9 Å². The average molecular weight is 457 g/mol. The number of benzene rings is 3. The van der Waals surface area contributed by atoms with Crippen molar-refractivity contribution in [1.82, 2.24) is 0 Å². The zero-order chi connectivity index (χ0) is 20.9. The first kappa shape index (κ1) is 20.2. The van der Waals surface area contributed by atoms with Crippen molar-refractivity contribution < 1.29 is 9.59 Å².